The highest BCUT2D eigenvalue weighted by atomic mass is 32.2. The lowest BCUT2D eigenvalue weighted by Gasteiger charge is -2.15. The topological polar surface area (TPSA) is 122 Å². The second-order valence-corrected chi connectivity index (χ2v) is 7.30. The number of hydrogen-bond donors (Lipinski definition) is 3. The molecule has 8 nitrogen and oxygen atoms in total. The minimum Gasteiger partial charge on any atom is -0.461 e. The summed E-state index contributed by atoms with van der Waals surface area (Å²) in [7, 11) is -4.16. The van der Waals surface area contributed by atoms with Gasteiger partial charge in [-0.1, -0.05) is 13.0 Å². The Morgan fingerprint density at radius 2 is 1.96 bits per heavy atom. The van der Waals surface area contributed by atoms with Crippen LogP contribution in [-0.2, 0) is 26.3 Å². The van der Waals surface area contributed by atoms with Crippen molar-refractivity contribution in [2.75, 3.05) is 17.6 Å². The van der Waals surface area contributed by atoms with E-state index < -0.39 is 21.8 Å². The molecule has 0 aliphatic heterocycles. The smallest absolute Gasteiger partial charge is 0.305 e. The maximum Gasteiger partial charge on any atom is 0.305 e. The van der Waals surface area contributed by atoms with Gasteiger partial charge in [0.15, 0.2) is 0 Å². The Balaban J connectivity index is 2.95. The summed E-state index contributed by atoms with van der Waals surface area (Å²) in [4.78, 5) is 23.7. The van der Waals surface area contributed by atoms with Gasteiger partial charge in [-0.15, -0.1) is 0 Å². The molecule has 1 aromatic rings. The Labute approximate surface area is 147 Å². The third kappa shape index (κ3) is 7.99. The predicted octanol–water partition coefficient (Wildman–Crippen LogP) is 1.58. The van der Waals surface area contributed by atoms with Gasteiger partial charge < -0.3 is 15.4 Å². The molecule has 0 fully saturated rings. The monoisotopic (exact) mass is 372 g/mol. The van der Waals surface area contributed by atoms with Gasteiger partial charge in [-0.2, -0.15) is 8.42 Å². The van der Waals surface area contributed by atoms with E-state index in [0.717, 1.165) is 0 Å². The predicted molar refractivity (Wildman–Crippen MR) is 94.0 cm³/mol. The Kier molecular flexibility index (Phi) is 7.85. The quantitative estimate of drug-likeness (QED) is 0.444. The first-order valence-corrected chi connectivity index (χ1v) is 9.51. The molecule has 3 N–H and O–H groups in total. The molecule has 0 bridgehead atoms. The summed E-state index contributed by atoms with van der Waals surface area (Å²) in [5.41, 5.74) is 1.48. The van der Waals surface area contributed by atoms with Gasteiger partial charge in [-0.3, -0.25) is 14.1 Å². The summed E-state index contributed by atoms with van der Waals surface area (Å²) in [6.45, 7) is 5.27. The van der Waals surface area contributed by atoms with E-state index in [1.165, 1.54) is 0 Å². The molecule has 25 heavy (non-hydrogen) atoms. The van der Waals surface area contributed by atoms with Crippen molar-refractivity contribution in [3.05, 3.63) is 29.3 Å². The van der Waals surface area contributed by atoms with Crippen molar-refractivity contribution in [1.82, 2.24) is 5.32 Å². The Morgan fingerprint density at radius 3 is 2.52 bits per heavy atom. The van der Waals surface area contributed by atoms with Crippen molar-refractivity contribution in [2.45, 2.75) is 39.8 Å². The van der Waals surface area contributed by atoms with Gasteiger partial charge in [-0.05, 0) is 26.0 Å². The van der Waals surface area contributed by atoms with E-state index in [2.05, 4.69) is 10.6 Å². The molecule has 0 saturated carbocycles. The molecule has 0 atom stereocenters. The van der Waals surface area contributed by atoms with Crippen LogP contribution in [0.15, 0.2) is 18.2 Å². The highest BCUT2D eigenvalue weighted by Gasteiger charge is 2.15. The van der Waals surface area contributed by atoms with Crippen LogP contribution in [0.4, 0.5) is 5.69 Å². The zero-order chi connectivity index (χ0) is 19.0. The van der Waals surface area contributed by atoms with Gasteiger partial charge in [0, 0.05) is 35.8 Å². The van der Waals surface area contributed by atoms with Crippen LogP contribution in [0.25, 0.3) is 0 Å². The lowest BCUT2D eigenvalue weighted by molar-refractivity contribution is -0.144. The summed E-state index contributed by atoms with van der Waals surface area (Å²) in [6, 6.07) is 5.20. The van der Waals surface area contributed by atoms with Crippen LogP contribution in [0.3, 0.4) is 0 Å². The van der Waals surface area contributed by atoms with E-state index in [-0.39, 0.29) is 37.1 Å². The third-order valence-electron chi connectivity index (χ3n) is 3.13. The summed E-state index contributed by atoms with van der Waals surface area (Å²) in [6.07, 6.45) is 0.225. The molecule has 9 heteroatoms. The SMILES string of the molecule is CCC(=O)OCc1ccc(NC(C)C)cc1C(=O)NCCS(=O)(=O)O. The summed E-state index contributed by atoms with van der Waals surface area (Å²) in [5, 5.41) is 5.59. The third-order valence-corrected chi connectivity index (χ3v) is 3.85. The standard InChI is InChI=1S/C16H24N2O6S/c1-4-15(19)24-10-12-5-6-13(18-11(2)3)9-14(12)16(20)17-7-8-25(21,22)23/h5-6,9,11,18H,4,7-8,10H2,1-3H3,(H,17,20)(H,21,22,23). The van der Waals surface area contributed by atoms with Gasteiger partial charge in [0.2, 0.25) is 0 Å². The summed E-state index contributed by atoms with van der Waals surface area (Å²) in [5.74, 6) is -1.48. The normalized spacial score (nSPS) is 11.2. The molecule has 1 aromatic carbocycles. The largest absolute Gasteiger partial charge is 0.461 e. The van der Waals surface area contributed by atoms with Gasteiger partial charge in [-0.25, -0.2) is 0 Å². The van der Waals surface area contributed by atoms with Crippen LogP contribution in [0, 0.1) is 0 Å². The van der Waals surface area contributed by atoms with E-state index in [9.17, 15) is 18.0 Å². The van der Waals surface area contributed by atoms with Crippen molar-refractivity contribution in [3.8, 4) is 0 Å². The zero-order valence-electron chi connectivity index (χ0n) is 14.5. The second-order valence-electron chi connectivity index (χ2n) is 5.73. The number of carbonyl (C=O) groups is 2. The molecule has 1 amide bonds. The van der Waals surface area contributed by atoms with E-state index in [4.69, 9.17) is 9.29 Å². The van der Waals surface area contributed by atoms with Crippen molar-refractivity contribution in [3.63, 3.8) is 0 Å². The van der Waals surface area contributed by atoms with Crippen molar-refractivity contribution in [1.29, 1.82) is 0 Å². The molecule has 0 aromatic heterocycles. The van der Waals surface area contributed by atoms with Gasteiger partial charge >= 0.3 is 5.97 Å². The van der Waals surface area contributed by atoms with Crippen LogP contribution < -0.4 is 10.6 Å². The number of esters is 1. The number of benzene rings is 1. The average molecular weight is 372 g/mol. The maximum atomic E-state index is 12.3. The zero-order valence-corrected chi connectivity index (χ0v) is 15.4. The molecular formula is C16H24N2O6S. The lowest BCUT2D eigenvalue weighted by Crippen LogP contribution is -2.30. The van der Waals surface area contributed by atoms with E-state index >= 15 is 0 Å². The van der Waals surface area contributed by atoms with Crippen LogP contribution in [0.1, 0.15) is 43.1 Å². The Morgan fingerprint density at radius 1 is 1.28 bits per heavy atom. The molecule has 0 radical (unpaired) electrons. The van der Waals surface area contributed by atoms with Crippen LogP contribution >= 0.6 is 0 Å². The lowest BCUT2D eigenvalue weighted by atomic mass is 10.1. The molecule has 0 heterocycles. The number of ether oxygens (including phenoxy) is 1. The fourth-order valence-electron chi connectivity index (χ4n) is 1.99. The number of nitrogens with one attached hydrogen (secondary N) is 2. The highest BCUT2D eigenvalue weighted by molar-refractivity contribution is 7.85. The summed E-state index contributed by atoms with van der Waals surface area (Å²) >= 11 is 0. The number of rotatable bonds is 9. The van der Waals surface area contributed by atoms with Crippen molar-refractivity contribution in [2.24, 2.45) is 0 Å². The van der Waals surface area contributed by atoms with Crippen molar-refractivity contribution >= 4 is 27.7 Å². The van der Waals surface area contributed by atoms with Crippen LogP contribution in [-0.4, -0.2) is 43.2 Å². The van der Waals surface area contributed by atoms with E-state index in [0.29, 0.717) is 11.3 Å². The molecular weight excluding hydrogens is 348 g/mol. The highest BCUT2D eigenvalue weighted by Crippen LogP contribution is 2.18. The average Bonchev–Trinajstić information content (AvgIpc) is 2.51. The molecule has 0 aliphatic rings. The Bertz CT molecular complexity index is 715. The Hall–Kier alpha value is -2.13. The molecule has 0 aliphatic carbocycles. The molecule has 0 spiro atoms. The number of amides is 1. The summed E-state index contributed by atoms with van der Waals surface area (Å²) < 4.78 is 35.3. The fourth-order valence-corrected chi connectivity index (χ4v) is 2.35. The van der Waals surface area contributed by atoms with Gasteiger partial charge in [0.1, 0.15) is 6.61 Å². The number of carbonyl (C=O) groups excluding carboxylic acids is 2. The van der Waals surface area contributed by atoms with E-state index in [1.54, 1.807) is 25.1 Å². The first-order valence-electron chi connectivity index (χ1n) is 7.90. The van der Waals surface area contributed by atoms with E-state index in [1.807, 2.05) is 13.8 Å². The maximum absolute atomic E-state index is 12.3. The molecule has 0 saturated heterocycles. The molecule has 1 rings (SSSR count). The molecule has 0 unspecified atom stereocenters. The first kappa shape index (κ1) is 20.9. The minimum atomic E-state index is -4.16. The first-order chi connectivity index (χ1) is 11.6. The van der Waals surface area contributed by atoms with Gasteiger partial charge in [0.25, 0.3) is 16.0 Å². The van der Waals surface area contributed by atoms with Crippen molar-refractivity contribution < 1.29 is 27.3 Å². The van der Waals surface area contributed by atoms with Gasteiger partial charge in [0.05, 0.1) is 5.75 Å². The number of anilines is 1. The van der Waals surface area contributed by atoms with Crippen LogP contribution in [0.5, 0.6) is 0 Å². The minimum absolute atomic E-state index is 0.0598. The second kappa shape index (κ2) is 9.38. The van der Waals surface area contributed by atoms with Crippen LogP contribution in [0.2, 0.25) is 0 Å². The number of hydrogen-bond acceptors (Lipinski definition) is 6. The molecule has 140 valence electrons. The fraction of sp³-hybridized carbons (Fsp3) is 0.500.